The summed E-state index contributed by atoms with van der Waals surface area (Å²) in [6.45, 7) is 6.71. The molecule has 1 rings (SSSR count). The van der Waals surface area contributed by atoms with Gasteiger partial charge >= 0.3 is 0 Å². The van der Waals surface area contributed by atoms with Gasteiger partial charge in [-0.2, -0.15) is 0 Å². The van der Waals surface area contributed by atoms with E-state index in [4.69, 9.17) is 0 Å². The number of aromatic nitrogens is 1. The summed E-state index contributed by atoms with van der Waals surface area (Å²) >= 11 is 0. The Morgan fingerprint density at radius 3 is 2.60 bits per heavy atom. The van der Waals surface area contributed by atoms with Crippen molar-refractivity contribution >= 4 is 0 Å². The second-order valence-corrected chi connectivity index (χ2v) is 4.42. The lowest BCUT2D eigenvalue weighted by atomic mass is 10.1. The van der Waals surface area contributed by atoms with Gasteiger partial charge in [-0.25, -0.2) is 0 Å². The van der Waals surface area contributed by atoms with Gasteiger partial charge in [0.1, 0.15) is 0 Å². The number of aryl methyl sites for hydroxylation is 1. The maximum atomic E-state index is 11.5. The van der Waals surface area contributed by atoms with Gasteiger partial charge in [0, 0.05) is 18.7 Å². The quantitative estimate of drug-likeness (QED) is 0.826. The van der Waals surface area contributed by atoms with Crippen molar-refractivity contribution < 1.29 is 5.11 Å². The van der Waals surface area contributed by atoms with Crippen LogP contribution in [0, 0.1) is 12.8 Å². The van der Waals surface area contributed by atoms with Crippen molar-refractivity contribution in [3.63, 3.8) is 0 Å². The first-order valence-electron chi connectivity index (χ1n) is 5.41. The van der Waals surface area contributed by atoms with Gasteiger partial charge in [0.2, 0.25) is 0 Å². The van der Waals surface area contributed by atoms with E-state index >= 15 is 0 Å². The summed E-state index contributed by atoms with van der Waals surface area (Å²) in [4.78, 5) is 11.5. The molecule has 1 heterocycles. The van der Waals surface area contributed by atoms with E-state index in [1.165, 1.54) is 4.57 Å². The van der Waals surface area contributed by atoms with Crippen molar-refractivity contribution in [3.05, 3.63) is 28.0 Å². The van der Waals surface area contributed by atoms with Crippen LogP contribution in [0.2, 0.25) is 0 Å². The Kier molecular flexibility index (Phi) is 3.95. The van der Waals surface area contributed by atoms with Crippen LogP contribution in [0.15, 0.2) is 16.9 Å². The average Bonchev–Trinajstić information content (AvgIpc) is 2.08. The van der Waals surface area contributed by atoms with Crippen LogP contribution >= 0.6 is 0 Å². The van der Waals surface area contributed by atoms with E-state index in [1.807, 2.05) is 0 Å². The van der Waals surface area contributed by atoms with Crippen LogP contribution in [-0.4, -0.2) is 9.67 Å². The molecule has 0 bridgehead atoms. The van der Waals surface area contributed by atoms with Crippen molar-refractivity contribution in [2.75, 3.05) is 0 Å². The zero-order valence-corrected chi connectivity index (χ0v) is 9.66. The van der Waals surface area contributed by atoms with Crippen molar-refractivity contribution in [1.82, 2.24) is 4.57 Å². The number of pyridine rings is 1. The predicted molar refractivity (Wildman–Crippen MR) is 61.2 cm³/mol. The highest BCUT2D eigenvalue weighted by molar-refractivity contribution is 5.19. The molecule has 1 aromatic heterocycles. The molecule has 1 aromatic rings. The van der Waals surface area contributed by atoms with Gasteiger partial charge in [0.05, 0.1) is 0 Å². The summed E-state index contributed by atoms with van der Waals surface area (Å²) in [6.07, 6.45) is 1.99. The molecule has 0 fully saturated rings. The van der Waals surface area contributed by atoms with Crippen LogP contribution in [0.3, 0.4) is 0 Å². The van der Waals surface area contributed by atoms with Crippen molar-refractivity contribution in [3.8, 4) is 5.88 Å². The second-order valence-electron chi connectivity index (χ2n) is 4.42. The third kappa shape index (κ3) is 3.42. The molecule has 0 radical (unpaired) electrons. The van der Waals surface area contributed by atoms with E-state index in [2.05, 4.69) is 13.8 Å². The summed E-state index contributed by atoms with van der Waals surface area (Å²) in [6, 6.07) is 3.17. The second kappa shape index (κ2) is 5.01. The number of hydrogen-bond donors (Lipinski definition) is 1. The lowest BCUT2D eigenvalue weighted by Crippen LogP contribution is -2.19. The Labute approximate surface area is 90.4 Å². The average molecular weight is 209 g/mol. The van der Waals surface area contributed by atoms with Crippen LogP contribution in [0.5, 0.6) is 5.88 Å². The lowest BCUT2D eigenvalue weighted by molar-refractivity contribution is 0.393. The van der Waals surface area contributed by atoms with Gasteiger partial charge < -0.3 is 5.11 Å². The fraction of sp³-hybridized carbons (Fsp3) is 0.583. The van der Waals surface area contributed by atoms with E-state index in [0.717, 1.165) is 18.4 Å². The molecular formula is C12H19NO2. The molecule has 0 aliphatic heterocycles. The smallest absolute Gasteiger partial charge is 0.253 e. The van der Waals surface area contributed by atoms with Crippen LogP contribution in [0.4, 0.5) is 0 Å². The maximum absolute atomic E-state index is 11.5. The third-order valence-electron chi connectivity index (χ3n) is 2.41. The molecule has 3 nitrogen and oxygen atoms in total. The number of hydrogen-bond acceptors (Lipinski definition) is 2. The molecule has 0 aliphatic rings. The standard InChI is InChI=1S/C12H19NO2/c1-9(2)5-4-6-13-11(14)7-10(3)8-12(13)15/h7-9,14H,4-6H2,1-3H3. The van der Waals surface area contributed by atoms with Crippen molar-refractivity contribution in [1.29, 1.82) is 0 Å². The summed E-state index contributed by atoms with van der Waals surface area (Å²) in [5, 5.41) is 9.60. The molecule has 3 heteroatoms. The molecule has 0 aromatic carbocycles. The van der Waals surface area contributed by atoms with E-state index in [0.29, 0.717) is 12.5 Å². The molecule has 0 aliphatic carbocycles. The van der Waals surface area contributed by atoms with Crippen LogP contribution in [0.25, 0.3) is 0 Å². The summed E-state index contributed by atoms with van der Waals surface area (Å²) in [5.74, 6) is 0.706. The van der Waals surface area contributed by atoms with Crippen molar-refractivity contribution in [2.45, 2.75) is 40.2 Å². The first kappa shape index (κ1) is 11.8. The first-order valence-corrected chi connectivity index (χ1v) is 5.41. The molecule has 15 heavy (non-hydrogen) atoms. The molecule has 84 valence electrons. The normalized spacial score (nSPS) is 10.9. The Bertz CT molecular complexity index is 380. The molecule has 0 unspecified atom stereocenters. The Balaban J connectivity index is 2.73. The molecule has 0 saturated carbocycles. The number of rotatable bonds is 4. The Morgan fingerprint density at radius 1 is 1.40 bits per heavy atom. The molecule has 1 N–H and O–H groups in total. The molecule has 0 saturated heterocycles. The van der Waals surface area contributed by atoms with E-state index in [-0.39, 0.29) is 11.4 Å². The van der Waals surface area contributed by atoms with E-state index in [1.54, 1.807) is 19.1 Å². The Hall–Kier alpha value is -1.25. The highest BCUT2D eigenvalue weighted by Gasteiger charge is 2.03. The predicted octanol–water partition coefficient (Wildman–Crippen LogP) is 2.30. The molecule has 0 spiro atoms. The molecular weight excluding hydrogens is 190 g/mol. The highest BCUT2D eigenvalue weighted by atomic mass is 16.3. The fourth-order valence-electron chi connectivity index (χ4n) is 1.59. The van der Waals surface area contributed by atoms with Crippen LogP contribution in [-0.2, 0) is 6.54 Å². The number of nitrogens with zero attached hydrogens (tertiary/aromatic N) is 1. The Morgan fingerprint density at radius 2 is 2.07 bits per heavy atom. The van der Waals surface area contributed by atoms with Gasteiger partial charge in [-0.1, -0.05) is 13.8 Å². The lowest BCUT2D eigenvalue weighted by Gasteiger charge is -2.09. The maximum Gasteiger partial charge on any atom is 0.253 e. The highest BCUT2D eigenvalue weighted by Crippen LogP contribution is 2.11. The zero-order chi connectivity index (χ0) is 11.4. The zero-order valence-electron chi connectivity index (χ0n) is 9.66. The fourth-order valence-corrected chi connectivity index (χ4v) is 1.59. The number of aromatic hydroxyl groups is 1. The van der Waals surface area contributed by atoms with Crippen LogP contribution in [0.1, 0.15) is 32.3 Å². The third-order valence-corrected chi connectivity index (χ3v) is 2.41. The monoisotopic (exact) mass is 209 g/mol. The van der Waals surface area contributed by atoms with Crippen molar-refractivity contribution in [2.24, 2.45) is 5.92 Å². The van der Waals surface area contributed by atoms with Gasteiger partial charge in [0.15, 0.2) is 5.88 Å². The minimum absolute atomic E-state index is 0.0729. The summed E-state index contributed by atoms with van der Waals surface area (Å²) in [5.41, 5.74) is 0.689. The largest absolute Gasteiger partial charge is 0.494 e. The first-order chi connectivity index (χ1) is 7.00. The van der Waals surface area contributed by atoms with E-state index in [9.17, 15) is 9.90 Å². The van der Waals surface area contributed by atoms with Gasteiger partial charge in [-0.05, 0) is 31.2 Å². The van der Waals surface area contributed by atoms with Gasteiger partial charge in [0.25, 0.3) is 5.56 Å². The SMILES string of the molecule is Cc1cc(O)n(CCCC(C)C)c(=O)c1. The van der Waals surface area contributed by atoms with Crippen LogP contribution < -0.4 is 5.56 Å². The molecule has 0 amide bonds. The minimum Gasteiger partial charge on any atom is -0.494 e. The van der Waals surface area contributed by atoms with Gasteiger partial charge in [-0.15, -0.1) is 0 Å². The summed E-state index contributed by atoms with van der Waals surface area (Å²) in [7, 11) is 0. The molecule has 0 atom stereocenters. The summed E-state index contributed by atoms with van der Waals surface area (Å²) < 4.78 is 1.43. The minimum atomic E-state index is -0.115. The topological polar surface area (TPSA) is 42.2 Å². The van der Waals surface area contributed by atoms with Gasteiger partial charge in [-0.3, -0.25) is 9.36 Å². The van der Waals surface area contributed by atoms with E-state index < -0.39 is 0 Å².